The summed E-state index contributed by atoms with van der Waals surface area (Å²) in [6, 6.07) is 0. The number of aliphatic hydroxyl groups is 1. The zero-order valence-corrected chi connectivity index (χ0v) is 7.18. The van der Waals surface area contributed by atoms with E-state index in [1.165, 1.54) is 7.05 Å². The molecule has 4 nitrogen and oxygen atoms in total. The number of hydrogen-bond donors (Lipinski definition) is 2. The van der Waals surface area contributed by atoms with Crippen LogP contribution in [0.3, 0.4) is 0 Å². The zero-order valence-electron chi connectivity index (χ0n) is 7.18. The van der Waals surface area contributed by atoms with Crippen LogP contribution in [0.4, 0.5) is 4.79 Å². The molecule has 0 radical (unpaired) electrons. The van der Waals surface area contributed by atoms with Crippen molar-refractivity contribution in [2.45, 2.75) is 25.9 Å². The summed E-state index contributed by atoms with van der Waals surface area (Å²) in [6.07, 6.45) is -0.0242. The van der Waals surface area contributed by atoms with Crippen LogP contribution in [0.1, 0.15) is 20.3 Å². The number of amides is 1. The first-order valence-electron chi connectivity index (χ1n) is 3.53. The van der Waals surface area contributed by atoms with Crippen LogP contribution >= 0.6 is 0 Å². The lowest BCUT2D eigenvalue weighted by atomic mass is 10.1. The number of carbonyl (C=O) groups excluding carboxylic acids is 1. The average Bonchev–Trinajstić information content (AvgIpc) is 1.86. The molecule has 0 fully saturated rings. The minimum atomic E-state index is -0.588. The van der Waals surface area contributed by atoms with Gasteiger partial charge >= 0.3 is 6.09 Å². The predicted molar refractivity (Wildman–Crippen MR) is 41.3 cm³/mol. The van der Waals surface area contributed by atoms with Crippen LogP contribution < -0.4 is 5.32 Å². The highest BCUT2D eigenvalue weighted by atomic mass is 16.6. The summed E-state index contributed by atoms with van der Waals surface area (Å²) in [7, 11) is 1.50. The van der Waals surface area contributed by atoms with Crippen molar-refractivity contribution in [2.24, 2.45) is 0 Å². The average molecular weight is 161 g/mol. The highest BCUT2D eigenvalue weighted by molar-refractivity contribution is 5.67. The van der Waals surface area contributed by atoms with Gasteiger partial charge in [-0.15, -0.1) is 0 Å². The molecule has 0 bridgehead atoms. The molecule has 0 saturated carbocycles. The number of ether oxygens (including phenoxy) is 1. The van der Waals surface area contributed by atoms with Crippen LogP contribution in [0.25, 0.3) is 0 Å². The van der Waals surface area contributed by atoms with Gasteiger partial charge in [0.25, 0.3) is 0 Å². The lowest BCUT2D eigenvalue weighted by Gasteiger charge is -2.23. The van der Waals surface area contributed by atoms with Gasteiger partial charge in [-0.3, -0.25) is 0 Å². The summed E-state index contributed by atoms with van der Waals surface area (Å²) in [5, 5.41) is 10.9. The Morgan fingerprint density at radius 2 is 2.18 bits per heavy atom. The second-order valence-corrected chi connectivity index (χ2v) is 2.87. The zero-order chi connectivity index (χ0) is 8.91. The number of hydrogen-bond acceptors (Lipinski definition) is 3. The van der Waals surface area contributed by atoms with Crippen molar-refractivity contribution in [2.75, 3.05) is 13.7 Å². The van der Waals surface area contributed by atoms with E-state index in [9.17, 15) is 4.79 Å². The van der Waals surface area contributed by atoms with E-state index in [1.54, 1.807) is 13.8 Å². The Kier molecular flexibility index (Phi) is 3.89. The summed E-state index contributed by atoms with van der Waals surface area (Å²) in [6.45, 7) is 3.51. The smallest absolute Gasteiger partial charge is 0.407 e. The fraction of sp³-hybridized carbons (Fsp3) is 0.857. The van der Waals surface area contributed by atoms with Crippen molar-refractivity contribution in [3.63, 3.8) is 0 Å². The van der Waals surface area contributed by atoms with Crippen LogP contribution in [0, 0.1) is 0 Å². The molecule has 2 N–H and O–H groups in total. The molecule has 0 rings (SSSR count). The highest BCUT2D eigenvalue weighted by Crippen LogP contribution is 2.13. The Balaban J connectivity index is 3.80. The van der Waals surface area contributed by atoms with Crippen LogP contribution in [0.2, 0.25) is 0 Å². The van der Waals surface area contributed by atoms with E-state index in [0.29, 0.717) is 6.42 Å². The largest absolute Gasteiger partial charge is 0.443 e. The Morgan fingerprint density at radius 1 is 1.64 bits per heavy atom. The van der Waals surface area contributed by atoms with E-state index >= 15 is 0 Å². The van der Waals surface area contributed by atoms with Crippen molar-refractivity contribution in [3.8, 4) is 0 Å². The summed E-state index contributed by atoms with van der Waals surface area (Å²) in [5.41, 5.74) is -0.588. The van der Waals surface area contributed by atoms with E-state index in [-0.39, 0.29) is 6.61 Å². The fourth-order valence-electron chi connectivity index (χ4n) is 0.622. The van der Waals surface area contributed by atoms with Gasteiger partial charge in [-0.25, -0.2) is 4.79 Å². The molecular weight excluding hydrogens is 146 g/mol. The van der Waals surface area contributed by atoms with Gasteiger partial charge in [-0.1, -0.05) is 0 Å². The van der Waals surface area contributed by atoms with Gasteiger partial charge in [0, 0.05) is 20.1 Å². The topological polar surface area (TPSA) is 58.6 Å². The first kappa shape index (κ1) is 10.2. The molecule has 0 aliphatic carbocycles. The van der Waals surface area contributed by atoms with Crippen LogP contribution in [-0.2, 0) is 4.74 Å². The van der Waals surface area contributed by atoms with Crippen molar-refractivity contribution < 1.29 is 14.6 Å². The molecule has 0 saturated heterocycles. The molecule has 0 aromatic heterocycles. The second kappa shape index (κ2) is 4.18. The molecule has 11 heavy (non-hydrogen) atoms. The van der Waals surface area contributed by atoms with Gasteiger partial charge < -0.3 is 15.2 Å². The molecule has 0 aromatic carbocycles. The maximum atomic E-state index is 10.7. The fourth-order valence-corrected chi connectivity index (χ4v) is 0.622. The molecule has 4 heteroatoms. The minimum absolute atomic E-state index is 0.0179. The molecular formula is C7H15NO3. The van der Waals surface area contributed by atoms with Gasteiger partial charge in [-0.05, 0) is 13.8 Å². The molecule has 66 valence electrons. The van der Waals surface area contributed by atoms with Crippen LogP contribution in [0.15, 0.2) is 0 Å². The quantitative estimate of drug-likeness (QED) is 0.633. The first-order chi connectivity index (χ1) is 5.02. The lowest BCUT2D eigenvalue weighted by Crippen LogP contribution is -2.33. The van der Waals surface area contributed by atoms with Crippen molar-refractivity contribution in [1.82, 2.24) is 5.32 Å². The highest BCUT2D eigenvalue weighted by Gasteiger charge is 2.21. The maximum Gasteiger partial charge on any atom is 0.407 e. The molecule has 0 unspecified atom stereocenters. The molecule has 0 atom stereocenters. The number of nitrogens with one attached hydrogen (secondary N) is 1. The molecule has 0 spiro atoms. The third-order valence-electron chi connectivity index (χ3n) is 1.29. The van der Waals surface area contributed by atoms with Gasteiger partial charge in [0.1, 0.15) is 5.60 Å². The number of alkyl carbamates (subject to hydrolysis) is 1. The molecule has 0 aromatic rings. The van der Waals surface area contributed by atoms with Crippen molar-refractivity contribution >= 4 is 6.09 Å². The Hall–Kier alpha value is -0.770. The van der Waals surface area contributed by atoms with E-state index in [4.69, 9.17) is 9.84 Å². The minimum Gasteiger partial charge on any atom is -0.443 e. The number of rotatable bonds is 3. The van der Waals surface area contributed by atoms with E-state index in [2.05, 4.69) is 5.32 Å². The van der Waals surface area contributed by atoms with Crippen LogP contribution in [-0.4, -0.2) is 30.5 Å². The van der Waals surface area contributed by atoms with Crippen molar-refractivity contribution in [1.29, 1.82) is 0 Å². The normalized spacial score (nSPS) is 10.9. The Bertz CT molecular complexity index is 134. The SMILES string of the molecule is CNC(=O)OC(C)(C)CCO. The van der Waals surface area contributed by atoms with E-state index < -0.39 is 11.7 Å². The van der Waals surface area contributed by atoms with Crippen LogP contribution in [0.5, 0.6) is 0 Å². The molecule has 0 heterocycles. The number of aliphatic hydroxyl groups excluding tert-OH is 1. The molecule has 0 aliphatic rings. The standard InChI is InChI=1S/C7H15NO3/c1-7(2,4-5-9)11-6(10)8-3/h9H,4-5H2,1-3H3,(H,8,10). The third-order valence-corrected chi connectivity index (χ3v) is 1.29. The van der Waals surface area contributed by atoms with Crippen molar-refractivity contribution in [3.05, 3.63) is 0 Å². The summed E-state index contributed by atoms with van der Waals surface area (Å²) >= 11 is 0. The van der Waals surface area contributed by atoms with Gasteiger partial charge in [0.05, 0.1) is 0 Å². The van der Waals surface area contributed by atoms with Gasteiger partial charge in [-0.2, -0.15) is 0 Å². The Labute approximate surface area is 66.5 Å². The van der Waals surface area contributed by atoms with Gasteiger partial charge in [0.15, 0.2) is 0 Å². The predicted octanol–water partition coefficient (Wildman–Crippen LogP) is 0.503. The number of carbonyl (C=O) groups is 1. The van der Waals surface area contributed by atoms with Gasteiger partial charge in [0.2, 0.25) is 0 Å². The second-order valence-electron chi connectivity index (χ2n) is 2.87. The van der Waals surface area contributed by atoms with E-state index in [0.717, 1.165) is 0 Å². The molecule has 0 aliphatic heterocycles. The third kappa shape index (κ3) is 4.61. The molecule has 1 amide bonds. The maximum absolute atomic E-state index is 10.7. The first-order valence-corrected chi connectivity index (χ1v) is 3.53. The Morgan fingerprint density at radius 3 is 2.55 bits per heavy atom. The summed E-state index contributed by atoms with van der Waals surface area (Å²) < 4.78 is 4.92. The van der Waals surface area contributed by atoms with E-state index in [1.807, 2.05) is 0 Å². The summed E-state index contributed by atoms with van der Waals surface area (Å²) in [5.74, 6) is 0. The lowest BCUT2D eigenvalue weighted by molar-refractivity contribution is 0.0222. The monoisotopic (exact) mass is 161 g/mol. The summed E-state index contributed by atoms with van der Waals surface area (Å²) in [4.78, 5) is 10.7.